The lowest BCUT2D eigenvalue weighted by Crippen LogP contribution is -2.39. The summed E-state index contributed by atoms with van der Waals surface area (Å²) in [4.78, 5) is 42.1. The highest BCUT2D eigenvalue weighted by atomic mass is 32.1. The molecule has 2 aromatic heterocycles. The average molecular weight is 438 g/mol. The summed E-state index contributed by atoms with van der Waals surface area (Å²) >= 11 is 1.21. The SMILES string of the molecule is COC(=O)C1=C(C)N=c2s/c(=C/c3ccco3)c(=O)n2[C@H]1c1ccc(OC(C)=O)cc1. The Morgan fingerprint density at radius 3 is 2.58 bits per heavy atom. The van der Waals surface area contributed by atoms with Crippen molar-refractivity contribution in [3.05, 3.63) is 84.9 Å². The van der Waals surface area contributed by atoms with Gasteiger partial charge in [0, 0.05) is 13.0 Å². The fourth-order valence-corrected chi connectivity index (χ4v) is 4.42. The molecule has 1 aliphatic heterocycles. The molecular formula is C22H18N2O6S. The van der Waals surface area contributed by atoms with Gasteiger partial charge in [0.25, 0.3) is 5.56 Å². The molecule has 0 fully saturated rings. The average Bonchev–Trinajstić information content (AvgIpc) is 3.35. The van der Waals surface area contributed by atoms with Crippen LogP contribution in [0, 0.1) is 0 Å². The first-order valence-electron chi connectivity index (χ1n) is 9.32. The van der Waals surface area contributed by atoms with Gasteiger partial charge < -0.3 is 13.9 Å². The number of esters is 2. The van der Waals surface area contributed by atoms with E-state index in [0.29, 0.717) is 32.1 Å². The van der Waals surface area contributed by atoms with Gasteiger partial charge in [-0.15, -0.1) is 0 Å². The zero-order valence-corrected chi connectivity index (χ0v) is 17.8. The van der Waals surface area contributed by atoms with Crippen molar-refractivity contribution in [1.82, 2.24) is 4.57 Å². The zero-order valence-electron chi connectivity index (χ0n) is 16.9. The third-order valence-corrected chi connectivity index (χ3v) is 5.68. The molecule has 0 radical (unpaired) electrons. The van der Waals surface area contributed by atoms with Gasteiger partial charge in [0.15, 0.2) is 4.80 Å². The minimum atomic E-state index is -0.742. The van der Waals surface area contributed by atoms with Crippen LogP contribution in [0.25, 0.3) is 6.08 Å². The molecule has 4 rings (SSSR count). The number of methoxy groups -OCH3 is 1. The summed E-state index contributed by atoms with van der Waals surface area (Å²) in [5.41, 5.74) is 1.07. The summed E-state index contributed by atoms with van der Waals surface area (Å²) in [5.74, 6) is -0.112. The van der Waals surface area contributed by atoms with Crippen molar-refractivity contribution in [2.75, 3.05) is 7.11 Å². The van der Waals surface area contributed by atoms with Crippen LogP contribution < -0.4 is 19.6 Å². The van der Waals surface area contributed by atoms with E-state index in [-0.39, 0.29) is 11.1 Å². The van der Waals surface area contributed by atoms with Crippen LogP contribution in [-0.4, -0.2) is 23.6 Å². The van der Waals surface area contributed by atoms with Crippen LogP contribution >= 0.6 is 11.3 Å². The number of furan rings is 1. The van der Waals surface area contributed by atoms with Crippen molar-refractivity contribution in [2.24, 2.45) is 4.99 Å². The van der Waals surface area contributed by atoms with Crippen LogP contribution in [0.3, 0.4) is 0 Å². The number of carbonyl (C=O) groups excluding carboxylic acids is 2. The molecule has 1 aromatic carbocycles. The summed E-state index contributed by atoms with van der Waals surface area (Å²) in [6, 6.07) is 9.36. The van der Waals surface area contributed by atoms with Gasteiger partial charge in [-0.3, -0.25) is 14.2 Å². The first kappa shape index (κ1) is 20.5. The van der Waals surface area contributed by atoms with Crippen molar-refractivity contribution in [3.63, 3.8) is 0 Å². The van der Waals surface area contributed by atoms with E-state index in [2.05, 4.69) is 4.99 Å². The Morgan fingerprint density at radius 1 is 1.23 bits per heavy atom. The maximum absolute atomic E-state index is 13.3. The van der Waals surface area contributed by atoms with E-state index in [4.69, 9.17) is 13.9 Å². The Bertz CT molecular complexity index is 1360. The van der Waals surface area contributed by atoms with Crippen molar-refractivity contribution < 1.29 is 23.5 Å². The first-order valence-corrected chi connectivity index (χ1v) is 10.1. The minimum Gasteiger partial charge on any atom is -0.466 e. The van der Waals surface area contributed by atoms with Crippen LogP contribution in [0.2, 0.25) is 0 Å². The molecule has 0 spiro atoms. The van der Waals surface area contributed by atoms with Gasteiger partial charge >= 0.3 is 11.9 Å². The van der Waals surface area contributed by atoms with E-state index in [9.17, 15) is 14.4 Å². The maximum atomic E-state index is 13.3. The predicted molar refractivity (Wildman–Crippen MR) is 112 cm³/mol. The Hall–Kier alpha value is -3.72. The largest absolute Gasteiger partial charge is 0.466 e. The number of hydrogen-bond acceptors (Lipinski definition) is 8. The molecule has 0 bridgehead atoms. The number of hydrogen-bond donors (Lipinski definition) is 0. The van der Waals surface area contributed by atoms with Gasteiger partial charge in [-0.2, -0.15) is 0 Å². The number of ether oxygens (including phenoxy) is 2. The van der Waals surface area contributed by atoms with Crippen LogP contribution in [0.15, 0.2) is 68.1 Å². The van der Waals surface area contributed by atoms with E-state index in [1.54, 1.807) is 49.4 Å². The van der Waals surface area contributed by atoms with E-state index < -0.39 is 18.0 Å². The number of nitrogens with zero attached hydrogens (tertiary/aromatic N) is 2. The molecule has 0 saturated heterocycles. The Balaban J connectivity index is 1.91. The van der Waals surface area contributed by atoms with E-state index in [1.807, 2.05) is 0 Å². The number of thiazole rings is 1. The number of allylic oxidation sites excluding steroid dienone is 1. The standard InChI is InChI=1S/C22H18N2O6S/c1-12-18(21(27)28-3)19(14-6-8-15(9-7-14)30-13(2)25)24-20(26)17(31-22(24)23-12)11-16-5-4-10-29-16/h4-11,19H,1-3H3/b17-11+/t19-/m0/s1. The third-order valence-electron chi connectivity index (χ3n) is 4.70. The molecule has 31 heavy (non-hydrogen) atoms. The lowest BCUT2D eigenvalue weighted by atomic mass is 9.96. The smallest absolute Gasteiger partial charge is 0.338 e. The maximum Gasteiger partial charge on any atom is 0.338 e. The fourth-order valence-electron chi connectivity index (χ4n) is 3.39. The van der Waals surface area contributed by atoms with Crippen molar-refractivity contribution >= 4 is 29.4 Å². The van der Waals surface area contributed by atoms with Gasteiger partial charge in [0.1, 0.15) is 11.5 Å². The predicted octanol–water partition coefficient (Wildman–Crippen LogP) is 1.93. The lowest BCUT2D eigenvalue weighted by Gasteiger charge is -2.24. The fraction of sp³-hybridized carbons (Fsp3) is 0.182. The normalized spacial score (nSPS) is 16.0. The second-order valence-electron chi connectivity index (χ2n) is 6.75. The summed E-state index contributed by atoms with van der Waals surface area (Å²) < 4.78 is 17.3. The Labute approximate surface area is 180 Å². The van der Waals surface area contributed by atoms with Crippen molar-refractivity contribution in [2.45, 2.75) is 19.9 Å². The second-order valence-corrected chi connectivity index (χ2v) is 7.76. The zero-order chi connectivity index (χ0) is 22.1. The highest BCUT2D eigenvalue weighted by Gasteiger charge is 2.33. The molecular weight excluding hydrogens is 420 g/mol. The summed E-state index contributed by atoms with van der Waals surface area (Å²) in [7, 11) is 1.28. The molecule has 0 unspecified atom stereocenters. The van der Waals surface area contributed by atoms with Gasteiger partial charge in [-0.05, 0) is 36.8 Å². The van der Waals surface area contributed by atoms with Crippen molar-refractivity contribution in [3.8, 4) is 5.75 Å². The topological polar surface area (TPSA) is 100 Å². The van der Waals surface area contributed by atoms with Crippen LogP contribution in [0.1, 0.15) is 31.2 Å². The number of benzene rings is 1. The highest BCUT2D eigenvalue weighted by Crippen LogP contribution is 2.31. The van der Waals surface area contributed by atoms with Gasteiger partial charge in [-0.25, -0.2) is 9.79 Å². The van der Waals surface area contributed by atoms with Gasteiger partial charge in [0.05, 0.1) is 35.2 Å². The number of fused-ring (bicyclic) bond motifs is 1. The molecule has 3 heterocycles. The minimum absolute atomic E-state index is 0.264. The van der Waals surface area contributed by atoms with E-state index in [1.165, 1.54) is 36.2 Å². The number of aromatic nitrogens is 1. The number of carbonyl (C=O) groups is 2. The molecule has 9 heteroatoms. The summed E-state index contributed by atoms with van der Waals surface area (Å²) in [6.45, 7) is 3.02. The number of rotatable bonds is 4. The first-order chi connectivity index (χ1) is 14.9. The van der Waals surface area contributed by atoms with E-state index in [0.717, 1.165) is 0 Å². The second kappa shape index (κ2) is 8.19. The van der Waals surface area contributed by atoms with Gasteiger partial charge in [0.2, 0.25) is 0 Å². The molecule has 158 valence electrons. The summed E-state index contributed by atoms with van der Waals surface area (Å²) in [6.07, 6.45) is 3.16. The molecule has 0 amide bonds. The molecule has 1 aliphatic rings. The molecule has 8 nitrogen and oxygen atoms in total. The molecule has 3 aromatic rings. The summed E-state index contributed by atoms with van der Waals surface area (Å²) in [5, 5.41) is 0. The molecule has 0 saturated carbocycles. The van der Waals surface area contributed by atoms with Crippen LogP contribution in [-0.2, 0) is 14.3 Å². The molecule has 0 N–H and O–H groups in total. The van der Waals surface area contributed by atoms with Gasteiger partial charge in [-0.1, -0.05) is 23.5 Å². The molecule has 0 aliphatic carbocycles. The quantitative estimate of drug-likeness (QED) is 0.456. The Kier molecular flexibility index (Phi) is 5.43. The lowest BCUT2D eigenvalue weighted by molar-refractivity contribution is -0.136. The monoisotopic (exact) mass is 438 g/mol. The van der Waals surface area contributed by atoms with E-state index >= 15 is 0 Å². The van der Waals surface area contributed by atoms with Crippen molar-refractivity contribution in [1.29, 1.82) is 0 Å². The third kappa shape index (κ3) is 3.87. The Morgan fingerprint density at radius 2 is 1.97 bits per heavy atom. The molecule has 1 atom stereocenters. The van der Waals surface area contributed by atoms with Crippen LogP contribution in [0.4, 0.5) is 0 Å². The van der Waals surface area contributed by atoms with Crippen LogP contribution in [0.5, 0.6) is 5.75 Å². The highest BCUT2D eigenvalue weighted by molar-refractivity contribution is 7.07.